The largest absolute Gasteiger partial charge is 0.354 e. The van der Waals surface area contributed by atoms with E-state index in [4.69, 9.17) is 0 Å². The molecule has 7 nitrogen and oxygen atoms in total. The van der Waals surface area contributed by atoms with Crippen LogP contribution in [-0.2, 0) is 0 Å². The number of hydrogen-bond donors (Lipinski definition) is 1. The first-order chi connectivity index (χ1) is 9.51. The third kappa shape index (κ3) is 4.04. The number of rotatable bonds is 8. The summed E-state index contributed by atoms with van der Waals surface area (Å²) in [6.45, 7) is 9.55. The lowest BCUT2D eigenvalue weighted by atomic mass is 10.2. The first-order valence-corrected chi connectivity index (χ1v) is 7.03. The Hall–Kier alpha value is -1.92. The molecule has 0 aliphatic carbocycles. The summed E-state index contributed by atoms with van der Waals surface area (Å²) in [5, 5.41) is 14.2. The topological polar surface area (TPSA) is 84.2 Å². The van der Waals surface area contributed by atoms with E-state index in [0.717, 1.165) is 25.9 Å². The summed E-state index contributed by atoms with van der Waals surface area (Å²) in [4.78, 5) is 21.0. The summed E-state index contributed by atoms with van der Waals surface area (Å²) in [5.41, 5.74) is -0.0470. The molecule has 0 aliphatic rings. The molecule has 0 aromatic carbocycles. The Morgan fingerprint density at radius 1 is 1.40 bits per heavy atom. The molecule has 0 saturated heterocycles. The average molecular weight is 281 g/mol. The SMILES string of the molecule is CCCNc1ncc([N+](=O)[O-])c(N(CCC)C(C)C)n1. The minimum Gasteiger partial charge on any atom is -0.354 e. The van der Waals surface area contributed by atoms with Gasteiger partial charge >= 0.3 is 5.69 Å². The first kappa shape index (κ1) is 16.1. The molecule has 1 aromatic rings. The van der Waals surface area contributed by atoms with Crippen molar-refractivity contribution in [3.05, 3.63) is 16.3 Å². The van der Waals surface area contributed by atoms with Crippen LogP contribution in [0.1, 0.15) is 40.5 Å². The lowest BCUT2D eigenvalue weighted by Crippen LogP contribution is -2.33. The second-order valence-corrected chi connectivity index (χ2v) is 4.87. The lowest BCUT2D eigenvalue weighted by molar-refractivity contribution is -0.384. The van der Waals surface area contributed by atoms with Gasteiger partial charge < -0.3 is 10.2 Å². The Balaban J connectivity index is 3.18. The Labute approximate surface area is 119 Å². The Morgan fingerprint density at radius 3 is 2.60 bits per heavy atom. The molecule has 1 aromatic heterocycles. The Kier molecular flexibility index (Phi) is 6.14. The molecule has 0 unspecified atom stereocenters. The van der Waals surface area contributed by atoms with Gasteiger partial charge in [-0.25, -0.2) is 4.98 Å². The van der Waals surface area contributed by atoms with Crippen molar-refractivity contribution in [1.29, 1.82) is 0 Å². The maximum absolute atomic E-state index is 11.2. The number of hydrogen-bond acceptors (Lipinski definition) is 6. The van der Waals surface area contributed by atoms with Crippen LogP contribution in [0.15, 0.2) is 6.20 Å². The summed E-state index contributed by atoms with van der Waals surface area (Å²) < 4.78 is 0. The smallest absolute Gasteiger partial charge is 0.329 e. The van der Waals surface area contributed by atoms with E-state index in [1.807, 2.05) is 32.6 Å². The van der Waals surface area contributed by atoms with Crippen LogP contribution in [0.5, 0.6) is 0 Å². The van der Waals surface area contributed by atoms with Gasteiger partial charge in [-0.1, -0.05) is 13.8 Å². The molecule has 20 heavy (non-hydrogen) atoms. The van der Waals surface area contributed by atoms with Crippen LogP contribution >= 0.6 is 0 Å². The summed E-state index contributed by atoms with van der Waals surface area (Å²) in [6.07, 6.45) is 3.13. The highest BCUT2D eigenvalue weighted by Gasteiger charge is 2.24. The lowest BCUT2D eigenvalue weighted by Gasteiger charge is -2.27. The van der Waals surface area contributed by atoms with Gasteiger partial charge in [0.15, 0.2) is 0 Å². The predicted molar refractivity (Wildman–Crippen MR) is 80.2 cm³/mol. The molecule has 1 heterocycles. The molecule has 0 spiro atoms. The molecular weight excluding hydrogens is 258 g/mol. The van der Waals surface area contributed by atoms with E-state index in [1.54, 1.807) is 0 Å². The van der Waals surface area contributed by atoms with Crippen molar-refractivity contribution in [2.75, 3.05) is 23.3 Å². The summed E-state index contributed by atoms with van der Waals surface area (Å²) >= 11 is 0. The predicted octanol–water partition coefficient (Wildman–Crippen LogP) is 2.83. The van der Waals surface area contributed by atoms with Gasteiger partial charge in [0.1, 0.15) is 6.20 Å². The van der Waals surface area contributed by atoms with E-state index in [-0.39, 0.29) is 11.7 Å². The number of nitrogens with one attached hydrogen (secondary N) is 1. The quantitative estimate of drug-likeness (QED) is 0.582. The average Bonchev–Trinajstić information content (AvgIpc) is 2.41. The fourth-order valence-electron chi connectivity index (χ4n) is 1.88. The second kappa shape index (κ2) is 7.62. The zero-order valence-electron chi connectivity index (χ0n) is 12.6. The van der Waals surface area contributed by atoms with Gasteiger partial charge in [-0.05, 0) is 26.7 Å². The van der Waals surface area contributed by atoms with Crippen molar-refractivity contribution in [3.8, 4) is 0 Å². The summed E-state index contributed by atoms with van der Waals surface area (Å²) in [5.74, 6) is 0.828. The maximum Gasteiger partial charge on any atom is 0.329 e. The minimum atomic E-state index is -0.427. The molecule has 0 radical (unpaired) electrons. The molecule has 0 aliphatic heterocycles. The van der Waals surface area contributed by atoms with Crippen LogP contribution in [0.25, 0.3) is 0 Å². The number of nitrogens with zero attached hydrogens (tertiary/aromatic N) is 4. The van der Waals surface area contributed by atoms with Crippen molar-refractivity contribution in [2.45, 2.75) is 46.6 Å². The minimum absolute atomic E-state index is 0.0470. The van der Waals surface area contributed by atoms with E-state index < -0.39 is 4.92 Å². The van der Waals surface area contributed by atoms with E-state index >= 15 is 0 Å². The zero-order valence-corrected chi connectivity index (χ0v) is 12.6. The molecule has 0 fully saturated rings. The first-order valence-electron chi connectivity index (χ1n) is 7.03. The van der Waals surface area contributed by atoms with Gasteiger partial charge in [0, 0.05) is 19.1 Å². The van der Waals surface area contributed by atoms with Gasteiger partial charge in [0.2, 0.25) is 11.8 Å². The van der Waals surface area contributed by atoms with Crippen molar-refractivity contribution >= 4 is 17.5 Å². The van der Waals surface area contributed by atoms with Gasteiger partial charge in [-0.3, -0.25) is 10.1 Å². The van der Waals surface area contributed by atoms with Crippen LogP contribution in [0, 0.1) is 10.1 Å². The second-order valence-electron chi connectivity index (χ2n) is 4.87. The number of anilines is 2. The fraction of sp³-hybridized carbons (Fsp3) is 0.692. The van der Waals surface area contributed by atoms with E-state index in [0.29, 0.717) is 11.8 Å². The van der Waals surface area contributed by atoms with Crippen LogP contribution in [0.3, 0.4) is 0 Å². The molecular formula is C13H23N5O2. The summed E-state index contributed by atoms with van der Waals surface area (Å²) in [7, 11) is 0. The van der Waals surface area contributed by atoms with Crippen molar-refractivity contribution < 1.29 is 4.92 Å². The Bertz CT molecular complexity index is 450. The highest BCUT2D eigenvalue weighted by molar-refractivity contribution is 5.59. The molecule has 7 heteroatoms. The van der Waals surface area contributed by atoms with E-state index in [9.17, 15) is 10.1 Å². The van der Waals surface area contributed by atoms with E-state index in [2.05, 4.69) is 15.3 Å². The normalized spacial score (nSPS) is 10.7. The maximum atomic E-state index is 11.2. The van der Waals surface area contributed by atoms with Gasteiger partial charge in [0.25, 0.3) is 0 Å². The van der Waals surface area contributed by atoms with Gasteiger partial charge in [-0.15, -0.1) is 0 Å². The fourth-order valence-corrected chi connectivity index (χ4v) is 1.88. The molecule has 0 atom stereocenters. The third-order valence-corrected chi connectivity index (χ3v) is 2.84. The molecule has 1 rings (SSSR count). The van der Waals surface area contributed by atoms with Gasteiger partial charge in [-0.2, -0.15) is 4.98 Å². The molecule has 112 valence electrons. The highest BCUT2D eigenvalue weighted by Crippen LogP contribution is 2.27. The number of aromatic nitrogens is 2. The zero-order chi connectivity index (χ0) is 15.1. The standard InChI is InChI=1S/C13H23N5O2/c1-5-7-14-13-15-9-11(18(19)20)12(16-13)17(8-6-2)10(3)4/h9-10H,5-8H2,1-4H3,(H,14,15,16). The van der Waals surface area contributed by atoms with Crippen molar-refractivity contribution in [3.63, 3.8) is 0 Å². The molecule has 0 bridgehead atoms. The van der Waals surface area contributed by atoms with Crippen LogP contribution in [0.4, 0.5) is 17.5 Å². The monoisotopic (exact) mass is 281 g/mol. The van der Waals surface area contributed by atoms with Crippen LogP contribution < -0.4 is 10.2 Å². The third-order valence-electron chi connectivity index (χ3n) is 2.84. The van der Waals surface area contributed by atoms with Crippen molar-refractivity contribution in [2.24, 2.45) is 0 Å². The summed E-state index contributed by atoms with van der Waals surface area (Å²) in [6, 6.07) is 0.141. The van der Waals surface area contributed by atoms with Crippen molar-refractivity contribution in [1.82, 2.24) is 9.97 Å². The molecule has 0 saturated carbocycles. The van der Waals surface area contributed by atoms with Crippen LogP contribution in [-0.4, -0.2) is 34.0 Å². The Morgan fingerprint density at radius 2 is 2.10 bits per heavy atom. The number of nitro groups is 1. The van der Waals surface area contributed by atoms with Crippen LogP contribution in [0.2, 0.25) is 0 Å². The highest BCUT2D eigenvalue weighted by atomic mass is 16.6. The molecule has 1 N–H and O–H groups in total. The molecule has 0 amide bonds. The van der Waals surface area contributed by atoms with E-state index in [1.165, 1.54) is 6.20 Å². The van der Waals surface area contributed by atoms with Gasteiger partial charge in [0.05, 0.1) is 4.92 Å².